The fourth-order valence-corrected chi connectivity index (χ4v) is 2.34. The molecule has 0 unspecified atom stereocenters. The second kappa shape index (κ2) is 5.29. The minimum atomic E-state index is 0.303. The lowest BCUT2D eigenvalue weighted by Crippen LogP contribution is -1.98. The molecular weight excluding hydrogens is 250 g/mol. The summed E-state index contributed by atoms with van der Waals surface area (Å²) in [6.45, 7) is 2.71. The lowest BCUT2D eigenvalue weighted by atomic mass is 10.1. The molecule has 2 aromatic carbocycles. The molecule has 3 aromatic rings. The fourth-order valence-electron chi connectivity index (χ4n) is 2.34. The zero-order chi connectivity index (χ0) is 13.9. The highest BCUT2D eigenvalue weighted by Crippen LogP contribution is 2.30. The maximum atomic E-state index is 9.87. The number of hydrogen-bond acceptors (Lipinski definition) is 3. The molecule has 20 heavy (non-hydrogen) atoms. The Morgan fingerprint density at radius 3 is 2.50 bits per heavy atom. The van der Waals surface area contributed by atoms with Gasteiger partial charge in [0.2, 0.25) is 0 Å². The van der Waals surface area contributed by atoms with Crippen LogP contribution in [0.25, 0.3) is 10.8 Å². The molecular formula is C17H17NO2. The summed E-state index contributed by atoms with van der Waals surface area (Å²) in [4.78, 5) is 0. The van der Waals surface area contributed by atoms with E-state index >= 15 is 0 Å². The van der Waals surface area contributed by atoms with Crippen molar-refractivity contribution in [2.75, 3.05) is 5.32 Å². The molecule has 1 heterocycles. The average Bonchev–Trinajstić information content (AvgIpc) is 2.94. The van der Waals surface area contributed by atoms with E-state index in [1.54, 1.807) is 6.07 Å². The van der Waals surface area contributed by atoms with Gasteiger partial charge >= 0.3 is 0 Å². The topological polar surface area (TPSA) is 45.4 Å². The highest BCUT2D eigenvalue weighted by molar-refractivity contribution is 5.97. The van der Waals surface area contributed by atoms with Crippen LogP contribution in [0.15, 0.2) is 52.9 Å². The molecule has 0 amide bonds. The summed E-state index contributed by atoms with van der Waals surface area (Å²) in [7, 11) is 0. The monoisotopic (exact) mass is 267 g/mol. The number of aryl methyl sites for hydroxylation is 1. The molecule has 1 aromatic heterocycles. The molecule has 0 saturated heterocycles. The number of nitrogens with one attached hydrogen (secondary N) is 1. The zero-order valence-corrected chi connectivity index (χ0v) is 11.4. The average molecular weight is 267 g/mol. The van der Waals surface area contributed by atoms with E-state index in [0.717, 1.165) is 34.4 Å². The first-order valence-electron chi connectivity index (χ1n) is 6.80. The van der Waals surface area contributed by atoms with Crippen molar-refractivity contribution in [3.8, 4) is 5.75 Å². The van der Waals surface area contributed by atoms with Crippen molar-refractivity contribution >= 4 is 16.5 Å². The highest BCUT2D eigenvalue weighted by atomic mass is 16.3. The number of hydrogen-bond donors (Lipinski definition) is 2. The minimum absolute atomic E-state index is 0.303. The van der Waals surface area contributed by atoms with E-state index < -0.39 is 0 Å². The molecule has 3 nitrogen and oxygen atoms in total. The van der Waals surface area contributed by atoms with Crippen LogP contribution in [0.2, 0.25) is 0 Å². The molecule has 0 bridgehead atoms. The first-order valence-corrected chi connectivity index (χ1v) is 6.80. The van der Waals surface area contributed by atoms with Crippen molar-refractivity contribution in [3.05, 3.63) is 60.1 Å². The number of fused-ring (bicyclic) bond motifs is 1. The molecule has 0 aliphatic carbocycles. The number of benzene rings is 2. The molecule has 0 aliphatic rings. The lowest BCUT2D eigenvalue weighted by molar-refractivity contribution is 0.476. The molecule has 2 N–H and O–H groups in total. The number of phenolic OH excluding ortho intramolecular Hbond substituents is 1. The van der Waals surface area contributed by atoms with Gasteiger partial charge in [-0.15, -0.1) is 0 Å². The Morgan fingerprint density at radius 2 is 1.70 bits per heavy atom. The molecule has 102 valence electrons. The van der Waals surface area contributed by atoms with E-state index in [-0.39, 0.29) is 0 Å². The summed E-state index contributed by atoms with van der Waals surface area (Å²) in [5.41, 5.74) is 0.993. The normalized spacial score (nSPS) is 10.8. The zero-order valence-electron chi connectivity index (χ0n) is 11.4. The minimum Gasteiger partial charge on any atom is -0.507 e. The quantitative estimate of drug-likeness (QED) is 0.740. The van der Waals surface area contributed by atoms with E-state index in [0.29, 0.717) is 12.3 Å². The van der Waals surface area contributed by atoms with Crippen molar-refractivity contribution in [1.29, 1.82) is 0 Å². The van der Waals surface area contributed by atoms with Gasteiger partial charge in [0.1, 0.15) is 17.3 Å². The van der Waals surface area contributed by atoms with Crippen LogP contribution in [-0.2, 0) is 13.0 Å². The molecule has 3 rings (SSSR count). The summed E-state index contributed by atoms with van der Waals surface area (Å²) in [5.74, 6) is 2.22. The predicted octanol–water partition coefficient (Wildman–Crippen LogP) is 4.31. The van der Waals surface area contributed by atoms with Crippen molar-refractivity contribution < 1.29 is 9.52 Å². The second-order valence-electron chi connectivity index (χ2n) is 4.75. The SMILES string of the molecule is CCc1ccc(CNc2cccc3c(O)cccc23)o1. The fraction of sp³-hybridized carbons (Fsp3) is 0.176. The van der Waals surface area contributed by atoms with Gasteiger partial charge in [-0.25, -0.2) is 0 Å². The van der Waals surface area contributed by atoms with E-state index in [9.17, 15) is 5.11 Å². The Bertz CT molecular complexity index is 731. The molecule has 0 saturated carbocycles. The van der Waals surface area contributed by atoms with Gasteiger partial charge in [0.15, 0.2) is 0 Å². The molecule has 0 aliphatic heterocycles. The molecule has 0 fully saturated rings. The first kappa shape index (κ1) is 12.6. The molecule has 0 spiro atoms. The lowest BCUT2D eigenvalue weighted by Gasteiger charge is -2.09. The largest absolute Gasteiger partial charge is 0.507 e. The molecule has 3 heteroatoms. The van der Waals surface area contributed by atoms with Gasteiger partial charge in [0.05, 0.1) is 6.54 Å². The Kier molecular flexibility index (Phi) is 3.33. The maximum absolute atomic E-state index is 9.87. The number of anilines is 1. The number of aromatic hydroxyl groups is 1. The Hall–Kier alpha value is -2.42. The van der Waals surface area contributed by atoms with Gasteiger partial charge in [-0.3, -0.25) is 0 Å². The van der Waals surface area contributed by atoms with Gasteiger partial charge in [-0.1, -0.05) is 31.2 Å². The summed E-state index contributed by atoms with van der Waals surface area (Å²) in [6, 6.07) is 15.4. The summed E-state index contributed by atoms with van der Waals surface area (Å²) < 4.78 is 5.68. The molecule has 0 atom stereocenters. The summed E-state index contributed by atoms with van der Waals surface area (Å²) >= 11 is 0. The van der Waals surface area contributed by atoms with E-state index in [1.165, 1.54) is 0 Å². The van der Waals surface area contributed by atoms with E-state index in [4.69, 9.17) is 4.42 Å². The van der Waals surface area contributed by atoms with Gasteiger partial charge in [-0.2, -0.15) is 0 Å². The van der Waals surface area contributed by atoms with Crippen molar-refractivity contribution in [3.63, 3.8) is 0 Å². The van der Waals surface area contributed by atoms with Crippen LogP contribution in [0.1, 0.15) is 18.4 Å². The standard InChI is InChI=1S/C17H17NO2/c1-2-12-9-10-13(20-12)11-18-16-7-3-6-15-14(16)5-4-8-17(15)19/h3-10,18-19H,2,11H2,1H3. The summed E-state index contributed by atoms with van der Waals surface area (Å²) in [5, 5.41) is 15.1. The summed E-state index contributed by atoms with van der Waals surface area (Å²) in [6.07, 6.45) is 0.905. The Labute approximate surface area is 117 Å². The van der Waals surface area contributed by atoms with Crippen LogP contribution in [0.5, 0.6) is 5.75 Å². The second-order valence-corrected chi connectivity index (χ2v) is 4.75. The maximum Gasteiger partial charge on any atom is 0.123 e. The van der Waals surface area contributed by atoms with Crippen molar-refractivity contribution in [1.82, 2.24) is 0 Å². The van der Waals surface area contributed by atoms with Gasteiger partial charge < -0.3 is 14.8 Å². The number of rotatable bonds is 4. The van der Waals surface area contributed by atoms with Crippen LogP contribution in [0.4, 0.5) is 5.69 Å². The van der Waals surface area contributed by atoms with E-state index in [1.807, 2.05) is 42.5 Å². The smallest absolute Gasteiger partial charge is 0.123 e. The third-order valence-electron chi connectivity index (χ3n) is 3.42. The van der Waals surface area contributed by atoms with Crippen LogP contribution in [0.3, 0.4) is 0 Å². The van der Waals surface area contributed by atoms with Crippen LogP contribution in [0, 0.1) is 0 Å². The first-order chi connectivity index (χ1) is 9.78. The van der Waals surface area contributed by atoms with Crippen LogP contribution in [-0.4, -0.2) is 5.11 Å². The van der Waals surface area contributed by atoms with E-state index in [2.05, 4.69) is 12.2 Å². The highest BCUT2D eigenvalue weighted by Gasteiger charge is 2.05. The number of phenols is 1. The Morgan fingerprint density at radius 1 is 0.950 bits per heavy atom. The predicted molar refractivity (Wildman–Crippen MR) is 81.0 cm³/mol. The molecule has 0 radical (unpaired) electrons. The van der Waals surface area contributed by atoms with Crippen LogP contribution < -0.4 is 5.32 Å². The van der Waals surface area contributed by atoms with Gasteiger partial charge in [0, 0.05) is 22.9 Å². The third kappa shape index (κ3) is 2.35. The van der Waals surface area contributed by atoms with Crippen molar-refractivity contribution in [2.24, 2.45) is 0 Å². The number of furan rings is 1. The van der Waals surface area contributed by atoms with Crippen molar-refractivity contribution in [2.45, 2.75) is 19.9 Å². The van der Waals surface area contributed by atoms with Gasteiger partial charge in [0.25, 0.3) is 0 Å². The van der Waals surface area contributed by atoms with Crippen LogP contribution >= 0.6 is 0 Å². The van der Waals surface area contributed by atoms with Gasteiger partial charge in [-0.05, 0) is 24.3 Å². The Balaban J connectivity index is 1.85. The third-order valence-corrected chi connectivity index (χ3v) is 3.42.